The molecule has 3 rings (SSSR count). The van der Waals surface area contributed by atoms with Crippen LogP contribution < -0.4 is 5.32 Å². The zero-order valence-corrected chi connectivity index (χ0v) is 18.2. The van der Waals surface area contributed by atoms with E-state index in [1.165, 1.54) is 19.2 Å². The number of nitrogens with zero attached hydrogens (tertiary/aromatic N) is 2. The first-order valence-electron chi connectivity index (χ1n) is 9.14. The number of methoxy groups -OCH3 is 1. The van der Waals surface area contributed by atoms with Gasteiger partial charge in [-0.2, -0.15) is 18.4 Å². The topological polar surface area (TPSA) is 109 Å². The Morgan fingerprint density at radius 1 is 1.39 bits per heavy atom. The predicted molar refractivity (Wildman–Crippen MR) is 106 cm³/mol. The van der Waals surface area contributed by atoms with Crippen molar-refractivity contribution in [3.8, 4) is 6.07 Å². The molecule has 1 aliphatic carbocycles. The van der Waals surface area contributed by atoms with E-state index in [0.717, 1.165) is 13.2 Å². The lowest BCUT2D eigenvalue weighted by Crippen LogP contribution is -2.14. The zero-order valence-electron chi connectivity index (χ0n) is 16.5. The molecule has 1 N–H and O–H groups in total. The summed E-state index contributed by atoms with van der Waals surface area (Å²) in [6.45, 7) is 1.17. The Labute approximate surface area is 180 Å². The molecule has 0 spiro atoms. The van der Waals surface area contributed by atoms with Crippen molar-refractivity contribution < 1.29 is 31.1 Å². The number of pyridine rings is 1. The van der Waals surface area contributed by atoms with Crippen LogP contribution in [0.5, 0.6) is 0 Å². The number of nitriles is 1. The molecule has 0 bridgehead atoms. The van der Waals surface area contributed by atoms with Crippen LogP contribution in [0.25, 0.3) is 0 Å². The second-order valence-electron chi connectivity index (χ2n) is 6.98. The number of carbonyl (C=O) groups is 1. The molecule has 1 saturated carbocycles. The Morgan fingerprint density at radius 3 is 2.58 bits per heavy atom. The fourth-order valence-electron chi connectivity index (χ4n) is 2.97. The number of anilines is 1. The van der Waals surface area contributed by atoms with Crippen LogP contribution >= 0.6 is 11.3 Å². The molecule has 166 valence electrons. The maximum Gasteiger partial charge on any atom is 0.425 e. The number of hydrogen-bond acceptors (Lipinski definition) is 8. The number of thiophene rings is 1. The molecule has 2 aromatic rings. The van der Waals surface area contributed by atoms with Crippen molar-refractivity contribution in [2.45, 2.75) is 42.8 Å². The van der Waals surface area contributed by atoms with Crippen molar-refractivity contribution >= 4 is 33.0 Å². The van der Waals surface area contributed by atoms with Crippen molar-refractivity contribution in [2.75, 3.05) is 18.2 Å². The standard InChI is InChI=1S/C19H18F3N3O4S2/c1-3-31(27,28)13-7-12(18(10-23)4-5-18)9-25-16(13)24-8-11-6-14(19(20,21)22)30-15(11)17(26)29-2/h6-7,9H,3-5,8H2,1-2H3,(H,24,25). The Kier molecular flexibility index (Phi) is 6.03. The normalized spacial score (nSPS) is 15.2. The monoisotopic (exact) mass is 473 g/mol. The second-order valence-corrected chi connectivity index (χ2v) is 10.3. The van der Waals surface area contributed by atoms with Gasteiger partial charge in [-0.1, -0.05) is 6.92 Å². The van der Waals surface area contributed by atoms with Crippen LogP contribution in [0.3, 0.4) is 0 Å². The summed E-state index contributed by atoms with van der Waals surface area (Å²) in [6.07, 6.45) is -2.05. The quantitative estimate of drug-likeness (QED) is 0.607. The molecule has 0 radical (unpaired) electrons. The van der Waals surface area contributed by atoms with Gasteiger partial charge in [0.05, 0.1) is 24.3 Å². The lowest BCUT2D eigenvalue weighted by molar-refractivity contribution is -0.134. The molecule has 1 aliphatic rings. The molecule has 0 saturated heterocycles. The van der Waals surface area contributed by atoms with Gasteiger partial charge in [-0.05, 0) is 36.1 Å². The molecule has 2 aromatic heterocycles. The van der Waals surface area contributed by atoms with Gasteiger partial charge in [0.1, 0.15) is 20.5 Å². The summed E-state index contributed by atoms with van der Waals surface area (Å²) < 4.78 is 69.0. The Morgan fingerprint density at radius 2 is 2.06 bits per heavy atom. The van der Waals surface area contributed by atoms with E-state index in [1.807, 2.05) is 0 Å². The van der Waals surface area contributed by atoms with E-state index in [4.69, 9.17) is 0 Å². The number of halogens is 3. The summed E-state index contributed by atoms with van der Waals surface area (Å²) in [5.74, 6) is -1.21. The van der Waals surface area contributed by atoms with Gasteiger partial charge >= 0.3 is 12.1 Å². The average Bonchev–Trinajstić information content (AvgIpc) is 3.42. The number of carbonyl (C=O) groups excluding carboxylic acids is 1. The van der Waals surface area contributed by atoms with Crippen molar-refractivity contribution in [1.29, 1.82) is 5.26 Å². The number of sulfone groups is 1. The van der Waals surface area contributed by atoms with Crippen LogP contribution in [0.4, 0.5) is 19.0 Å². The minimum atomic E-state index is -4.64. The van der Waals surface area contributed by atoms with E-state index in [0.29, 0.717) is 18.4 Å². The van der Waals surface area contributed by atoms with Gasteiger partial charge in [-0.3, -0.25) is 0 Å². The molecule has 2 heterocycles. The highest BCUT2D eigenvalue weighted by Crippen LogP contribution is 2.48. The van der Waals surface area contributed by atoms with Crippen LogP contribution in [-0.2, 0) is 32.7 Å². The lowest BCUT2D eigenvalue weighted by atomic mass is 10.00. The van der Waals surface area contributed by atoms with E-state index in [1.54, 1.807) is 0 Å². The third kappa shape index (κ3) is 4.52. The third-order valence-corrected chi connectivity index (χ3v) is 7.93. The number of aromatic nitrogens is 1. The van der Waals surface area contributed by atoms with Crippen molar-refractivity contribution in [2.24, 2.45) is 0 Å². The largest absolute Gasteiger partial charge is 0.465 e. The maximum atomic E-state index is 13.1. The van der Waals surface area contributed by atoms with Gasteiger partial charge in [-0.15, -0.1) is 11.3 Å². The van der Waals surface area contributed by atoms with Crippen LogP contribution in [0.15, 0.2) is 23.2 Å². The first-order chi connectivity index (χ1) is 14.5. The SMILES string of the molecule is CCS(=O)(=O)c1cc(C2(C#N)CC2)cnc1NCc1cc(C(F)(F)F)sc1C(=O)OC. The highest BCUT2D eigenvalue weighted by molar-refractivity contribution is 7.91. The fourth-order valence-corrected chi connectivity index (χ4v) is 4.97. The molecule has 0 aromatic carbocycles. The van der Waals surface area contributed by atoms with Gasteiger partial charge < -0.3 is 10.1 Å². The van der Waals surface area contributed by atoms with Crippen molar-refractivity contribution in [1.82, 2.24) is 4.98 Å². The third-order valence-electron chi connectivity index (χ3n) is 4.99. The summed E-state index contributed by atoms with van der Waals surface area (Å²) in [5, 5.41) is 12.1. The molecule has 0 unspecified atom stereocenters. The van der Waals surface area contributed by atoms with E-state index >= 15 is 0 Å². The highest BCUT2D eigenvalue weighted by Gasteiger charge is 2.46. The minimum Gasteiger partial charge on any atom is -0.465 e. The Hall–Kier alpha value is -2.65. The van der Waals surface area contributed by atoms with Gasteiger partial charge in [-0.25, -0.2) is 18.2 Å². The smallest absolute Gasteiger partial charge is 0.425 e. The fraction of sp³-hybridized carbons (Fsp3) is 0.421. The summed E-state index contributed by atoms with van der Waals surface area (Å²) in [6, 6.07) is 4.38. The highest BCUT2D eigenvalue weighted by atomic mass is 32.2. The van der Waals surface area contributed by atoms with Crippen molar-refractivity contribution in [3.63, 3.8) is 0 Å². The van der Waals surface area contributed by atoms with Crippen LogP contribution in [0.2, 0.25) is 0 Å². The lowest BCUT2D eigenvalue weighted by Gasteiger charge is -2.14. The number of alkyl halides is 3. The zero-order chi connectivity index (χ0) is 23.0. The van der Waals surface area contributed by atoms with Crippen LogP contribution in [-0.4, -0.2) is 32.2 Å². The van der Waals surface area contributed by atoms with E-state index in [9.17, 15) is 31.6 Å². The number of nitrogens with one attached hydrogen (secondary N) is 1. The summed E-state index contributed by atoms with van der Waals surface area (Å²) in [7, 11) is -2.69. The van der Waals surface area contributed by atoms with Gasteiger partial charge in [0, 0.05) is 12.7 Å². The molecule has 0 aliphatic heterocycles. The Bertz CT molecular complexity index is 1160. The molecule has 12 heteroatoms. The maximum absolute atomic E-state index is 13.1. The molecular formula is C19H18F3N3O4S2. The minimum absolute atomic E-state index is 0.00517. The molecule has 1 fully saturated rings. The molecular weight excluding hydrogens is 455 g/mol. The van der Waals surface area contributed by atoms with Crippen LogP contribution in [0.1, 0.15) is 45.4 Å². The van der Waals surface area contributed by atoms with Gasteiger partial charge in [0.25, 0.3) is 0 Å². The first-order valence-corrected chi connectivity index (χ1v) is 11.6. The summed E-state index contributed by atoms with van der Waals surface area (Å²) in [4.78, 5) is 14.7. The molecule has 0 amide bonds. The number of rotatable bonds is 7. The van der Waals surface area contributed by atoms with E-state index in [-0.39, 0.29) is 44.8 Å². The average molecular weight is 473 g/mol. The summed E-state index contributed by atoms with van der Waals surface area (Å²) in [5.41, 5.74) is -0.264. The van der Waals surface area contributed by atoms with Gasteiger partial charge in [0.2, 0.25) is 0 Å². The molecule has 0 atom stereocenters. The summed E-state index contributed by atoms with van der Waals surface area (Å²) >= 11 is 0.251. The Balaban J connectivity index is 1.98. The van der Waals surface area contributed by atoms with Crippen molar-refractivity contribution in [3.05, 3.63) is 39.2 Å². The first kappa shape index (κ1) is 23.0. The molecule has 31 heavy (non-hydrogen) atoms. The van der Waals surface area contributed by atoms with E-state index < -0.39 is 32.3 Å². The predicted octanol–water partition coefficient (Wildman–Crippen LogP) is 3.91. The molecule has 7 nitrogen and oxygen atoms in total. The second kappa shape index (κ2) is 8.12. The van der Waals surface area contributed by atoms with Crippen LogP contribution in [0, 0.1) is 11.3 Å². The number of esters is 1. The number of hydrogen-bond donors (Lipinski definition) is 1. The van der Waals surface area contributed by atoms with Gasteiger partial charge in [0.15, 0.2) is 9.84 Å². The number of ether oxygens (including phenoxy) is 1. The van der Waals surface area contributed by atoms with E-state index in [2.05, 4.69) is 21.1 Å².